The molecule has 12 heteroatoms. The van der Waals surface area contributed by atoms with Gasteiger partial charge in [-0.3, -0.25) is 10.2 Å². The number of benzene rings is 1. The molecule has 0 aliphatic rings. The van der Waals surface area contributed by atoms with Crippen LogP contribution in [0.5, 0.6) is 5.75 Å². The van der Waals surface area contributed by atoms with E-state index < -0.39 is 30.6 Å². The van der Waals surface area contributed by atoms with Crippen LogP contribution < -0.4 is 25.5 Å². The first kappa shape index (κ1) is 38.6. The Morgan fingerprint density at radius 2 is 2.00 bits per heavy atom. The van der Waals surface area contributed by atoms with Crippen molar-refractivity contribution in [1.82, 2.24) is 9.71 Å². The Morgan fingerprint density at radius 1 is 1.22 bits per heavy atom. The molecule has 0 bridgehead atoms. The third kappa shape index (κ3) is 15.1. The van der Waals surface area contributed by atoms with Gasteiger partial charge in [0.25, 0.3) is 6.43 Å². The summed E-state index contributed by atoms with van der Waals surface area (Å²) >= 11 is -1.11. The maximum absolute atomic E-state index is 13.0. The van der Waals surface area contributed by atoms with Gasteiger partial charge in [-0.15, -0.1) is 4.72 Å². The molecule has 0 saturated heterocycles. The van der Waals surface area contributed by atoms with E-state index in [2.05, 4.69) is 26.8 Å². The van der Waals surface area contributed by atoms with Crippen molar-refractivity contribution in [1.29, 1.82) is 0 Å². The van der Waals surface area contributed by atoms with Crippen molar-refractivity contribution >= 4 is 41.2 Å². The highest BCUT2D eigenvalue weighted by Gasteiger charge is 2.12. The van der Waals surface area contributed by atoms with Crippen LogP contribution in [0.15, 0.2) is 65.8 Å². The zero-order valence-electron chi connectivity index (χ0n) is 26.9. The number of nitrogens with zero attached hydrogens (tertiary/aromatic N) is 1. The Morgan fingerprint density at radius 3 is 2.67 bits per heavy atom. The number of nitrogens with one attached hydrogen (secondary N) is 3. The number of aromatic nitrogens is 1. The number of alkyl halides is 3. The molecule has 0 spiro atoms. The van der Waals surface area contributed by atoms with E-state index in [1.165, 1.54) is 19.2 Å². The predicted molar refractivity (Wildman–Crippen MR) is 182 cm³/mol. The van der Waals surface area contributed by atoms with E-state index in [1.54, 1.807) is 42.7 Å². The van der Waals surface area contributed by atoms with Gasteiger partial charge < -0.3 is 19.0 Å². The van der Waals surface area contributed by atoms with Crippen LogP contribution in [0.1, 0.15) is 49.2 Å². The number of anilines is 1. The topological polar surface area (TPSA) is 111 Å². The van der Waals surface area contributed by atoms with Crippen LogP contribution in [0.25, 0.3) is 12.2 Å². The minimum Gasteiger partial charge on any atom is -0.598 e. The Labute approximate surface area is 272 Å². The number of ether oxygens (including phenoxy) is 2. The van der Waals surface area contributed by atoms with Gasteiger partial charge in [0, 0.05) is 35.9 Å². The number of ketones is 1. The fourth-order valence-electron chi connectivity index (χ4n) is 4.26. The first-order chi connectivity index (χ1) is 22.0. The van der Waals surface area contributed by atoms with E-state index in [0.29, 0.717) is 35.2 Å². The summed E-state index contributed by atoms with van der Waals surface area (Å²) in [6.45, 7) is 9.77. The number of hydrogen-bond donors (Lipinski definition) is 3. The molecule has 0 fully saturated rings. The molecule has 0 aliphatic carbocycles. The summed E-state index contributed by atoms with van der Waals surface area (Å²) in [7, 11) is 0. The molecule has 1 aromatic heterocycles. The van der Waals surface area contributed by atoms with Gasteiger partial charge in [0.15, 0.2) is 5.78 Å². The number of allylic oxidation sites excluding steroid dienone is 4. The van der Waals surface area contributed by atoms with Crippen LogP contribution in [-0.4, -0.2) is 66.8 Å². The highest BCUT2D eigenvalue weighted by molar-refractivity contribution is 7.88. The smallest absolute Gasteiger partial charge is 0.261 e. The molecule has 0 radical (unpaired) electrons. The molecule has 3 unspecified atom stereocenters. The lowest BCUT2D eigenvalue weighted by molar-refractivity contribution is 0.0315. The monoisotopic (exact) mass is 662 g/mol. The van der Waals surface area contributed by atoms with Gasteiger partial charge in [-0.1, -0.05) is 31.7 Å². The van der Waals surface area contributed by atoms with Crippen molar-refractivity contribution in [2.45, 2.75) is 52.6 Å². The molecule has 1 heterocycles. The van der Waals surface area contributed by atoms with Gasteiger partial charge in [0.1, 0.15) is 31.4 Å². The number of Topliss-reactive ketones (excluding diaryl/α,β-unsaturated/α-hetero) is 1. The zero-order valence-corrected chi connectivity index (χ0v) is 27.7. The third-order valence-electron chi connectivity index (χ3n) is 6.71. The SMILES string of the molecule is C=C(/C=c1/[nH]c(C(=O)C/C=N\Nc2ccc(OC/C=C\C=C/C(C)F)cc2C)c/c1=C/COCC(F)F)C(CC)CCN[S+](C)[O-]. The number of aromatic amines is 1. The molecule has 2 rings (SSSR count). The molecule has 3 atom stereocenters. The van der Waals surface area contributed by atoms with E-state index in [0.717, 1.165) is 29.7 Å². The first-order valence-electron chi connectivity index (χ1n) is 15.0. The number of carbonyl (C=O) groups excluding carboxylic acids is 1. The maximum atomic E-state index is 13.0. The summed E-state index contributed by atoms with van der Waals surface area (Å²) < 4.78 is 62.8. The Balaban J connectivity index is 2.08. The Bertz CT molecular complexity index is 1450. The highest BCUT2D eigenvalue weighted by Crippen LogP contribution is 2.21. The second-order valence-electron chi connectivity index (χ2n) is 10.5. The van der Waals surface area contributed by atoms with Crippen LogP contribution in [-0.2, 0) is 16.1 Å². The Hall–Kier alpha value is -3.58. The molecular weight excluding hydrogens is 617 g/mol. The van der Waals surface area contributed by atoms with Gasteiger partial charge >= 0.3 is 0 Å². The second-order valence-corrected chi connectivity index (χ2v) is 11.7. The van der Waals surface area contributed by atoms with Gasteiger partial charge in [-0.25, -0.2) is 13.2 Å². The number of hydrazone groups is 1. The number of carbonyl (C=O) groups is 1. The summed E-state index contributed by atoms with van der Waals surface area (Å²) in [6, 6.07) is 7.13. The summed E-state index contributed by atoms with van der Waals surface area (Å²) in [6.07, 6.45) is 11.1. The molecule has 46 heavy (non-hydrogen) atoms. The summed E-state index contributed by atoms with van der Waals surface area (Å²) in [4.78, 5) is 16.2. The average molecular weight is 663 g/mol. The lowest BCUT2D eigenvalue weighted by Gasteiger charge is -2.15. The van der Waals surface area contributed by atoms with Crippen molar-refractivity contribution < 1.29 is 32.0 Å². The molecule has 3 N–H and O–H groups in total. The second kappa shape index (κ2) is 21.3. The van der Waals surface area contributed by atoms with Crippen LogP contribution in [0.4, 0.5) is 18.9 Å². The van der Waals surface area contributed by atoms with Crippen molar-refractivity contribution in [3.05, 3.63) is 82.5 Å². The van der Waals surface area contributed by atoms with Crippen molar-refractivity contribution in [2.75, 3.05) is 38.0 Å². The van der Waals surface area contributed by atoms with Gasteiger partial charge in [0.2, 0.25) is 0 Å². The molecule has 252 valence electrons. The van der Waals surface area contributed by atoms with Crippen LogP contribution in [0.3, 0.4) is 0 Å². The minimum absolute atomic E-state index is 0.00877. The summed E-state index contributed by atoms with van der Waals surface area (Å²) in [5.74, 6) is 0.563. The molecule has 1 aromatic carbocycles. The van der Waals surface area contributed by atoms with Crippen LogP contribution >= 0.6 is 0 Å². The number of aryl methyl sites for hydroxylation is 1. The van der Waals surface area contributed by atoms with E-state index in [4.69, 9.17) is 9.47 Å². The summed E-state index contributed by atoms with van der Waals surface area (Å²) in [5.41, 5.74) is 5.73. The first-order valence-corrected chi connectivity index (χ1v) is 16.6. The lowest BCUT2D eigenvalue weighted by atomic mass is 9.94. The Kier molecular flexibility index (Phi) is 17.8. The standard InChI is InChI=1S/C34H45F3N4O4S/c1-6-27(13-17-39-46(5)43)24(2)21-31-28(15-19-44-23-34(36)37)22-32(40-31)33(42)14-16-38-41-30-12-11-29(20-25(30)3)45-18-9-7-8-10-26(4)35/h7-12,15-16,20-22,26-27,34,39-41H,2,6,13-14,17-19,23H2,1,3-5H3/b9-7-,10-8-,28-15-,31-21+,38-16-. The highest BCUT2D eigenvalue weighted by atomic mass is 32.2. The van der Waals surface area contributed by atoms with Gasteiger partial charge in [-0.2, -0.15) is 5.10 Å². The number of hydrogen-bond acceptors (Lipinski definition) is 7. The molecule has 0 aliphatic heterocycles. The van der Waals surface area contributed by atoms with Crippen molar-refractivity contribution in [3.8, 4) is 5.75 Å². The average Bonchev–Trinajstić information content (AvgIpc) is 3.40. The van der Waals surface area contributed by atoms with E-state index in [1.807, 2.05) is 32.1 Å². The molecule has 8 nitrogen and oxygen atoms in total. The minimum atomic E-state index is -2.57. The van der Waals surface area contributed by atoms with Crippen molar-refractivity contribution in [2.24, 2.45) is 11.0 Å². The predicted octanol–water partition coefficient (Wildman–Crippen LogP) is 5.54. The maximum Gasteiger partial charge on any atom is 0.261 e. The number of halogens is 3. The summed E-state index contributed by atoms with van der Waals surface area (Å²) in [5, 5.41) is 5.44. The van der Waals surface area contributed by atoms with Crippen LogP contribution in [0.2, 0.25) is 0 Å². The number of rotatable bonds is 21. The van der Waals surface area contributed by atoms with E-state index >= 15 is 0 Å². The van der Waals surface area contributed by atoms with Gasteiger partial charge in [-0.05, 0) is 91.5 Å². The third-order valence-corrected chi connectivity index (χ3v) is 7.32. The largest absolute Gasteiger partial charge is 0.598 e. The fourth-order valence-corrected chi connectivity index (χ4v) is 4.67. The molecule has 0 amide bonds. The quantitative estimate of drug-likeness (QED) is 0.0405. The normalized spacial score (nSPS) is 15.0. The van der Waals surface area contributed by atoms with E-state index in [9.17, 15) is 22.5 Å². The van der Waals surface area contributed by atoms with Gasteiger partial charge in [0.05, 0.1) is 18.0 Å². The molecule has 2 aromatic rings. The van der Waals surface area contributed by atoms with E-state index in [-0.39, 0.29) is 24.7 Å². The van der Waals surface area contributed by atoms with Crippen LogP contribution in [0, 0.1) is 12.8 Å². The zero-order chi connectivity index (χ0) is 33.9. The molecule has 0 saturated carbocycles. The number of H-pyrrole nitrogens is 1. The lowest BCUT2D eigenvalue weighted by Crippen LogP contribution is -2.26. The fraction of sp³-hybridized carbons (Fsp3) is 0.412. The van der Waals surface area contributed by atoms with Crippen molar-refractivity contribution in [3.63, 3.8) is 0 Å². The molecular formula is C34H45F3N4O4S.